The van der Waals surface area contributed by atoms with Crippen molar-refractivity contribution >= 4 is 34.8 Å². The second-order valence-corrected chi connectivity index (χ2v) is 4.69. The third-order valence-corrected chi connectivity index (χ3v) is 3.33. The number of aromatic nitrogens is 4. The number of hydrogen-bond acceptors (Lipinski definition) is 6. The number of carbonyl (C=O) groups excluding carboxylic acids is 1. The van der Waals surface area contributed by atoms with E-state index in [9.17, 15) is 9.59 Å². The van der Waals surface area contributed by atoms with Crippen LogP contribution in [0.1, 0.15) is 6.92 Å². The van der Waals surface area contributed by atoms with Gasteiger partial charge in [-0.25, -0.2) is 19.7 Å². The van der Waals surface area contributed by atoms with Crippen LogP contribution in [-0.4, -0.2) is 48.7 Å². The molecule has 0 aliphatic rings. The van der Waals surface area contributed by atoms with Crippen molar-refractivity contribution in [2.75, 3.05) is 5.75 Å². The number of amides is 1. The molecular formula is C10H11N5O3S. The third-order valence-electron chi connectivity index (χ3n) is 2.25. The normalized spacial score (nSPS) is 12.3. The molecule has 0 saturated carbocycles. The molecule has 2 rings (SSSR count). The Morgan fingerprint density at radius 3 is 2.95 bits per heavy atom. The van der Waals surface area contributed by atoms with Crippen LogP contribution >= 0.6 is 11.8 Å². The average Bonchev–Trinajstić information content (AvgIpc) is 2.82. The zero-order valence-corrected chi connectivity index (χ0v) is 10.8. The highest BCUT2D eigenvalue weighted by Gasteiger charge is 2.19. The monoisotopic (exact) mass is 281 g/mol. The van der Waals surface area contributed by atoms with E-state index in [0.717, 1.165) is 0 Å². The van der Waals surface area contributed by atoms with E-state index in [2.05, 4.69) is 25.3 Å². The fraction of sp³-hybridized carbons (Fsp3) is 0.300. The molecule has 2 heterocycles. The molecule has 0 spiro atoms. The summed E-state index contributed by atoms with van der Waals surface area (Å²) in [6.45, 7) is 1.28. The van der Waals surface area contributed by atoms with E-state index in [1.165, 1.54) is 31.3 Å². The van der Waals surface area contributed by atoms with E-state index in [1.807, 2.05) is 0 Å². The Bertz CT molecular complexity index is 614. The van der Waals surface area contributed by atoms with E-state index >= 15 is 0 Å². The van der Waals surface area contributed by atoms with Gasteiger partial charge in [0.05, 0.1) is 6.33 Å². The zero-order chi connectivity index (χ0) is 13.8. The van der Waals surface area contributed by atoms with E-state index in [-0.39, 0.29) is 11.7 Å². The molecule has 3 N–H and O–H groups in total. The molecule has 0 saturated heterocycles. The lowest BCUT2D eigenvalue weighted by Gasteiger charge is -2.12. The summed E-state index contributed by atoms with van der Waals surface area (Å²) in [5.41, 5.74) is 1.17. The first-order valence-electron chi connectivity index (χ1n) is 5.34. The molecule has 1 amide bonds. The van der Waals surface area contributed by atoms with Gasteiger partial charge < -0.3 is 15.4 Å². The van der Waals surface area contributed by atoms with Crippen LogP contribution in [0.4, 0.5) is 0 Å². The van der Waals surface area contributed by atoms with Crippen molar-refractivity contribution in [3.8, 4) is 0 Å². The second-order valence-electron chi connectivity index (χ2n) is 3.68. The summed E-state index contributed by atoms with van der Waals surface area (Å²) in [6, 6.07) is -0.963. The third kappa shape index (κ3) is 3.19. The predicted octanol–water partition coefficient (Wildman–Crippen LogP) is 0.0343. The van der Waals surface area contributed by atoms with Crippen molar-refractivity contribution in [3.05, 3.63) is 12.7 Å². The van der Waals surface area contributed by atoms with Crippen LogP contribution < -0.4 is 5.32 Å². The number of thioether (sulfide) groups is 1. The first-order valence-corrected chi connectivity index (χ1v) is 6.33. The SMILES string of the molecule is CC(=O)N[C@@H](CSc1ncnc2nc[nH]c12)C(=O)O. The lowest BCUT2D eigenvalue weighted by Crippen LogP contribution is -2.41. The molecule has 2 aromatic rings. The fourth-order valence-electron chi connectivity index (χ4n) is 1.43. The number of nitrogens with one attached hydrogen (secondary N) is 2. The fourth-order valence-corrected chi connectivity index (χ4v) is 2.40. The highest BCUT2D eigenvalue weighted by molar-refractivity contribution is 7.99. The summed E-state index contributed by atoms with van der Waals surface area (Å²) >= 11 is 1.22. The lowest BCUT2D eigenvalue weighted by molar-refractivity contribution is -0.140. The van der Waals surface area contributed by atoms with E-state index < -0.39 is 12.0 Å². The Balaban J connectivity index is 2.10. The molecule has 2 aromatic heterocycles. The topological polar surface area (TPSA) is 121 Å². The molecule has 0 aromatic carbocycles. The van der Waals surface area contributed by atoms with Crippen molar-refractivity contribution in [1.82, 2.24) is 25.3 Å². The molecule has 0 aliphatic heterocycles. The standard InChI is InChI=1S/C10H11N5O3S/c1-5(16)15-6(10(17)18)2-19-9-7-8(12-3-11-7)13-4-14-9/h3-4,6H,2H2,1H3,(H,15,16)(H,17,18)(H,11,12,13,14)/t6-/m0/s1. The molecule has 1 atom stereocenters. The summed E-state index contributed by atoms with van der Waals surface area (Å²) in [6.07, 6.45) is 2.85. The van der Waals surface area contributed by atoms with Gasteiger partial charge in [0, 0.05) is 12.7 Å². The van der Waals surface area contributed by atoms with Gasteiger partial charge in [-0.2, -0.15) is 0 Å². The van der Waals surface area contributed by atoms with Gasteiger partial charge in [-0.3, -0.25) is 4.79 Å². The van der Waals surface area contributed by atoms with Crippen LogP contribution in [0.25, 0.3) is 11.2 Å². The summed E-state index contributed by atoms with van der Waals surface area (Å²) in [5, 5.41) is 12.0. The second kappa shape index (κ2) is 5.65. The summed E-state index contributed by atoms with van der Waals surface area (Å²) in [5.74, 6) is -1.31. The van der Waals surface area contributed by atoms with Crippen LogP contribution in [0.15, 0.2) is 17.7 Å². The largest absolute Gasteiger partial charge is 0.480 e. The highest BCUT2D eigenvalue weighted by atomic mass is 32.2. The summed E-state index contributed by atoms with van der Waals surface area (Å²) in [7, 11) is 0. The Morgan fingerprint density at radius 1 is 1.47 bits per heavy atom. The van der Waals surface area contributed by atoms with Crippen LogP contribution in [0, 0.1) is 0 Å². The molecule has 0 fully saturated rings. The number of H-pyrrole nitrogens is 1. The molecule has 100 valence electrons. The van der Waals surface area contributed by atoms with Gasteiger partial charge in [0.15, 0.2) is 5.65 Å². The number of nitrogens with zero attached hydrogens (tertiary/aromatic N) is 3. The number of rotatable bonds is 5. The predicted molar refractivity (Wildman–Crippen MR) is 67.6 cm³/mol. The minimum absolute atomic E-state index is 0.167. The van der Waals surface area contributed by atoms with Crippen molar-refractivity contribution in [2.24, 2.45) is 0 Å². The minimum atomic E-state index is -1.09. The molecular weight excluding hydrogens is 270 g/mol. The number of carboxylic acid groups (broad SMARTS) is 1. The molecule has 8 nitrogen and oxygen atoms in total. The average molecular weight is 281 g/mol. The number of carbonyl (C=O) groups is 2. The number of fused-ring (bicyclic) bond motifs is 1. The first kappa shape index (κ1) is 13.3. The maximum atomic E-state index is 11.0. The number of aliphatic carboxylic acids is 1. The molecule has 0 aliphatic carbocycles. The summed E-state index contributed by atoms with van der Waals surface area (Å²) in [4.78, 5) is 36.8. The van der Waals surface area contributed by atoms with Gasteiger partial charge >= 0.3 is 5.97 Å². The van der Waals surface area contributed by atoms with Crippen LogP contribution in [0.3, 0.4) is 0 Å². The minimum Gasteiger partial charge on any atom is -0.480 e. The smallest absolute Gasteiger partial charge is 0.327 e. The Hall–Kier alpha value is -2.16. The van der Waals surface area contributed by atoms with Crippen molar-refractivity contribution in [1.29, 1.82) is 0 Å². The molecule has 0 bridgehead atoms. The summed E-state index contributed by atoms with van der Waals surface area (Å²) < 4.78 is 0. The van der Waals surface area contributed by atoms with Gasteiger partial charge in [0.2, 0.25) is 5.91 Å². The number of imidazole rings is 1. The van der Waals surface area contributed by atoms with Crippen molar-refractivity contribution in [2.45, 2.75) is 18.0 Å². The molecule has 19 heavy (non-hydrogen) atoms. The van der Waals surface area contributed by atoms with Crippen LogP contribution in [-0.2, 0) is 9.59 Å². The van der Waals surface area contributed by atoms with Gasteiger partial charge in [0.1, 0.15) is 22.9 Å². The number of aromatic amines is 1. The maximum Gasteiger partial charge on any atom is 0.327 e. The zero-order valence-electron chi connectivity index (χ0n) is 9.95. The quantitative estimate of drug-likeness (QED) is 0.522. The Morgan fingerprint density at radius 2 is 2.26 bits per heavy atom. The van der Waals surface area contributed by atoms with Gasteiger partial charge in [-0.15, -0.1) is 11.8 Å². The van der Waals surface area contributed by atoms with Crippen LogP contribution in [0.5, 0.6) is 0 Å². The van der Waals surface area contributed by atoms with E-state index in [1.54, 1.807) is 0 Å². The Labute approximate surface area is 112 Å². The molecule has 0 unspecified atom stereocenters. The van der Waals surface area contributed by atoms with Gasteiger partial charge in [-0.05, 0) is 0 Å². The van der Waals surface area contributed by atoms with Crippen molar-refractivity contribution < 1.29 is 14.7 Å². The molecule has 0 radical (unpaired) electrons. The molecule has 9 heteroatoms. The van der Waals surface area contributed by atoms with Crippen molar-refractivity contribution in [3.63, 3.8) is 0 Å². The van der Waals surface area contributed by atoms with Gasteiger partial charge in [-0.1, -0.05) is 0 Å². The number of carboxylic acids is 1. The van der Waals surface area contributed by atoms with E-state index in [0.29, 0.717) is 16.2 Å². The first-order chi connectivity index (χ1) is 9.08. The Kier molecular flexibility index (Phi) is 3.95. The number of hydrogen-bond donors (Lipinski definition) is 3. The van der Waals surface area contributed by atoms with Crippen LogP contribution in [0.2, 0.25) is 0 Å². The maximum absolute atomic E-state index is 11.0. The lowest BCUT2D eigenvalue weighted by atomic mass is 10.3. The van der Waals surface area contributed by atoms with E-state index in [4.69, 9.17) is 5.11 Å². The van der Waals surface area contributed by atoms with Gasteiger partial charge in [0.25, 0.3) is 0 Å². The highest BCUT2D eigenvalue weighted by Crippen LogP contribution is 2.22.